The van der Waals surface area contributed by atoms with Gasteiger partial charge in [-0.2, -0.15) is 5.10 Å². The van der Waals surface area contributed by atoms with E-state index in [0.717, 1.165) is 5.56 Å². The van der Waals surface area contributed by atoms with Crippen LogP contribution in [0.25, 0.3) is 6.08 Å². The smallest absolute Gasteiger partial charge is 0.332 e. The van der Waals surface area contributed by atoms with E-state index in [2.05, 4.69) is 10.5 Å². The highest BCUT2D eigenvalue weighted by Crippen LogP contribution is 2.23. The molecule has 2 amide bonds. The van der Waals surface area contributed by atoms with Crippen LogP contribution < -0.4 is 15.9 Å². The van der Waals surface area contributed by atoms with Crippen LogP contribution in [0, 0.1) is 0 Å². The fraction of sp³-hybridized carbons (Fsp3) is 0.0909. The number of halogens is 1. The molecule has 6 heteroatoms. The van der Waals surface area contributed by atoms with Crippen molar-refractivity contribution < 1.29 is 9.53 Å². The predicted molar refractivity (Wildman–Crippen MR) is 68.2 cm³/mol. The highest BCUT2D eigenvalue weighted by molar-refractivity contribution is 6.30. The van der Waals surface area contributed by atoms with Crippen molar-refractivity contribution >= 4 is 29.9 Å². The van der Waals surface area contributed by atoms with Crippen LogP contribution in [-0.4, -0.2) is 19.4 Å². The first-order valence-corrected chi connectivity index (χ1v) is 5.10. The van der Waals surface area contributed by atoms with E-state index in [1.165, 1.54) is 6.21 Å². The lowest BCUT2D eigenvalue weighted by Gasteiger charge is -2.04. The number of carbonyl (C=O) groups is 1. The summed E-state index contributed by atoms with van der Waals surface area (Å²) in [4.78, 5) is 10.3. The number of hydrogen-bond acceptors (Lipinski definition) is 3. The number of nitrogens with one attached hydrogen (secondary N) is 1. The SMILES string of the molecule is COc1ccc(Cl)cc1/C=C\C=N/NC(N)=O. The molecule has 0 aliphatic carbocycles. The number of allylic oxidation sites excluding steroid dienone is 1. The first kappa shape index (κ1) is 13.1. The van der Waals surface area contributed by atoms with Gasteiger partial charge in [-0.25, -0.2) is 10.2 Å². The van der Waals surface area contributed by atoms with Crippen LogP contribution in [0.5, 0.6) is 5.75 Å². The van der Waals surface area contributed by atoms with Crippen LogP contribution in [-0.2, 0) is 0 Å². The molecule has 0 aromatic heterocycles. The molecule has 0 unspecified atom stereocenters. The number of rotatable bonds is 4. The number of benzene rings is 1. The van der Waals surface area contributed by atoms with Gasteiger partial charge in [0.2, 0.25) is 0 Å². The zero-order valence-electron chi connectivity index (χ0n) is 9.18. The number of hydrogen-bond donors (Lipinski definition) is 2. The second-order valence-electron chi connectivity index (χ2n) is 3.00. The first-order chi connectivity index (χ1) is 8.13. The summed E-state index contributed by atoms with van der Waals surface area (Å²) in [6.07, 6.45) is 4.77. The molecule has 0 radical (unpaired) electrons. The second kappa shape index (κ2) is 6.55. The number of nitrogens with two attached hydrogens (primary N) is 1. The quantitative estimate of drug-likeness (QED) is 0.636. The molecular weight excluding hydrogens is 242 g/mol. The molecule has 0 saturated heterocycles. The fourth-order valence-electron chi connectivity index (χ4n) is 1.13. The maximum absolute atomic E-state index is 10.3. The van der Waals surface area contributed by atoms with Crippen LogP contribution in [0.3, 0.4) is 0 Å². The highest BCUT2D eigenvalue weighted by atomic mass is 35.5. The molecule has 0 atom stereocenters. The van der Waals surface area contributed by atoms with Crippen LogP contribution in [0.15, 0.2) is 29.4 Å². The summed E-state index contributed by atoms with van der Waals surface area (Å²) in [6.45, 7) is 0. The number of urea groups is 1. The molecule has 17 heavy (non-hydrogen) atoms. The molecule has 1 rings (SSSR count). The zero-order valence-corrected chi connectivity index (χ0v) is 9.94. The molecule has 0 aliphatic rings. The Bertz CT molecular complexity index is 458. The second-order valence-corrected chi connectivity index (χ2v) is 3.44. The Balaban J connectivity index is 2.73. The average molecular weight is 254 g/mol. The van der Waals surface area contributed by atoms with Gasteiger partial charge in [-0.15, -0.1) is 0 Å². The average Bonchev–Trinajstić information content (AvgIpc) is 2.28. The van der Waals surface area contributed by atoms with E-state index < -0.39 is 6.03 Å². The van der Waals surface area contributed by atoms with Gasteiger partial charge in [0.05, 0.1) is 7.11 Å². The molecule has 0 spiro atoms. The Hall–Kier alpha value is -2.01. The summed E-state index contributed by atoms with van der Waals surface area (Å²) in [5, 5.41) is 4.16. The van der Waals surface area contributed by atoms with Crippen LogP contribution in [0.1, 0.15) is 5.56 Å². The third kappa shape index (κ3) is 4.56. The van der Waals surface area contributed by atoms with Crippen molar-refractivity contribution in [3.05, 3.63) is 34.9 Å². The lowest BCUT2D eigenvalue weighted by atomic mass is 10.2. The number of amides is 2. The van der Waals surface area contributed by atoms with Crippen molar-refractivity contribution in [2.24, 2.45) is 10.8 Å². The highest BCUT2D eigenvalue weighted by Gasteiger charge is 1.99. The minimum atomic E-state index is -0.713. The third-order valence-corrected chi connectivity index (χ3v) is 2.04. The summed E-state index contributed by atoms with van der Waals surface area (Å²) < 4.78 is 5.15. The number of primary amides is 1. The van der Waals surface area contributed by atoms with Gasteiger partial charge < -0.3 is 10.5 Å². The van der Waals surface area contributed by atoms with E-state index in [4.69, 9.17) is 22.1 Å². The monoisotopic (exact) mass is 253 g/mol. The topological polar surface area (TPSA) is 76.7 Å². The molecule has 3 N–H and O–H groups in total. The van der Waals surface area contributed by atoms with Crippen molar-refractivity contribution in [1.29, 1.82) is 0 Å². The van der Waals surface area contributed by atoms with Crippen LogP contribution in [0.4, 0.5) is 4.79 Å². The molecule has 0 saturated carbocycles. The normalized spacial score (nSPS) is 10.9. The van der Waals surface area contributed by atoms with E-state index in [0.29, 0.717) is 10.8 Å². The summed E-state index contributed by atoms with van der Waals surface area (Å²) in [7, 11) is 1.57. The van der Waals surface area contributed by atoms with E-state index in [1.807, 2.05) is 0 Å². The maximum atomic E-state index is 10.3. The predicted octanol–water partition coefficient (Wildman–Crippen LogP) is 2.02. The molecule has 1 aromatic carbocycles. The minimum Gasteiger partial charge on any atom is -0.496 e. The van der Waals surface area contributed by atoms with Crippen molar-refractivity contribution in [2.75, 3.05) is 7.11 Å². The zero-order chi connectivity index (χ0) is 12.7. The standard InChI is InChI=1S/C11H12ClN3O2/c1-17-10-5-4-9(12)7-8(10)3-2-6-14-15-11(13)16/h2-7H,1H3,(H3,13,15,16)/b3-2-,14-6-. The molecule has 0 bridgehead atoms. The third-order valence-electron chi connectivity index (χ3n) is 1.80. The van der Waals surface area contributed by atoms with Gasteiger partial charge in [0.25, 0.3) is 0 Å². The summed E-state index contributed by atoms with van der Waals surface area (Å²) in [5.41, 5.74) is 7.71. The summed E-state index contributed by atoms with van der Waals surface area (Å²) in [6, 6.07) is 4.54. The van der Waals surface area contributed by atoms with E-state index in [9.17, 15) is 4.79 Å². The van der Waals surface area contributed by atoms with E-state index in [1.54, 1.807) is 37.5 Å². The number of ether oxygens (including phenoxy) is 1. The van der Waals surface area contributed by atoms with Crippen molar-refractivity contribution in [2.45, 2.75) is 0 Å². The molecule has 1 aromatic rings. The summed E-state index contributed by atoms with van der Waals surface area (Å²) >= 11 is 5.86. The Kier molecular flexibility index (Phi) is 5.03. The van der Waals surface area contributed by atoms with Crippen LogP contribution in [0.2, 0.25) is 5.02 Å². The fourth-order valence-corrected chi connectivity index (χ4v) is 1.31. The molecule has 90 valence electrons. The van der Waals surface area contributed by atoms with Gasteiger partial charge in [0.1, 0.15) is 5.75 Å². The number of nitrogens with zero attached hydrogens (tertiary/aromatic N) is 1. The molecular formula is C11H12ClN3O2. The summed E-state index contributed by atoms with van der Waals surface area (Å²) in [5.74, 6) is 0.696. The number of carbonyl (C=O) groups excluding carboxylic acids is 1. The molecule has 0 heterocycles. The molecule has 0 aliphatic heterocycles. The largest absolute Gasteiger partial charge is 0.496 e. The first-order valence-electron chi connectivity index (χ1n) is 4.72. The van der Waals surface area contributed by atoms with Gasteiger partial charge in [-0.3, -0.25) is 0 Å². The van der Waals surface area contributed by atoms with Crippen molar-refractivity contribution in [3.63, 3.8) is 0 Å². The van der Waals surface area contributed by atoms with Crippen molar-refractivity contribution in [1.82, 2.24) is 5.43 Å². The maximum Gasteiger partial charge on any atom is 0.332 e. The lowest BCUT2D eigenvalue weighted by molar-refractivity contribution is 0.249. The van der Waals surface area contributed by atoms with Crippen molar-refractivity contribution in [3.8, 4) is 5.75 Å². The Morgan fingerprint density at radius 1 is 1.59 bits per heavy atom. The van der Waals surface area contributed by atoms with Gasteiger partial charge in [-0.1, -0.05) is 11.6 Å². The molecule has 0 fully saturated rings. The van der Waals surface area contributed by atoms with E-state index in [-0.39, 0.29) is 0 Å². The van der Waals surface area contributed by atoms with Crippen LogP contribution >= 0.6 is 11.6 Å². The lowest BCUT2D eigenvalue weighted by Crippen LogP contribution is -2.24. The number of hydrazone groups is 1. The number of methoxy groups -OCH3 is 1. The van der Waals surface area contributed by atoms with Gasteiger partial charge in [0, 0.05) is 16.8 Å². The Morgan fingerprint density at radius 3 is 3.00 bits per heavy atom. The Labute approximate surface area is 104 Å². The van der Waals surface area contributed by atoms with Gasteiger partial charge in [0.15, 0.2) is 0 Å². The van der Waals surface area contributed by atoms with Gasteiger partial charge in [-0.05, 0) is 30.4 Å². The minimum absolute atomic E-state index is 0.609. The Morgan fingerprint density at radius 2 is 2.35 bits per heavy atom. The molecule has 5 nitrogen and oxygen atoms in total. The van der Waals surface area contributed by atoms with Gasteiger partial charge >= 0.3 is 6.03 Å². The van der Waals surface area contributed by atoms with E-state index >= 15 is 0 Å².